The topological polar surface area (TPSA) is 75.7 Å². The highest BCUT2D eigenvalue weighted by Gasteiger charge is 2.40. The molecule has 6 nitrogen and oxygen atoms in total. The summed E-state index contributed by atoms with van der Waals surface area (Å²) >= 11 is 7.21. The van der Waals surface area contributed by atoms with Gasteiger partial charge in [0.2, 0.25) is 0 Å². The molecule has 2 amide bonds. The molecule has 36 heavy (non-hydrogen) atoms. The van der Waals surface area contributed by atoms with Crippen LogP contribution < -0.4 is 10.2 Å². The van der Waals surface area contributed by atoms with Gasteiger partial charge in [0, 0.05) is 15.6 Å². The van der Waals surface area contributed by atoms with Crippen LogP contribution in [0.5, 0.6) is 0 Å². The number of hydrogen-bond acceptors (Lipinski definition) is 6. The molecule has 0 unspecified atom stereocenters. The summed E-state index contributed by atoms with van der Waals surface area (Å²) in [5.41, 5.74) is 3.80. The number of nitrogens with one attached hydrogen (secondary N) is 1. The second kappa shape index (κ2) is 11.0. The van der Waals surface area contributed by atoms with Crippen LogP contribution in [0, 0.1) is 13.8 Å². The summed E-state index contributed by atoms with van der Waals surface area (Å²) in [7, 11) is 0. The van der Waals surface area contributed by atoms with Crippen molar-refractivity contribution in [3.63, 3.8) is 0 Å². The highest BCUT2D eigenvalue weighted by molar-refractivity contribution is 8.04. The second-order valence-corrected chi connectivity index (χ2v) is 9.83. The molecule has 1 aliphatic rings. The van der Waals surface area contributed by atoms with E-state index in [9.17, 15) is 14.4 Å². The number of amides is 2. The number of ether oxygens (including phenoxy) is 1. The predicted molar refractivity (Wildman–Crippen MR) is 143 cm³/mol. The highest BCUT2D eigenvalue weighted by Crippen LogP contribution is 2.38. The molecular formula is C28H25ClN2O4S. The van der Waals surface area contributed by atoms with E-state index in [0.29, 0.717) is 28.6 Å². The minimum absolute atomic E-state index is 0.189. The molecule has 3 aromatic carbocycles. The van der Waals surface area contributed by atoms with E-state index < -0.39 is 17.8 Å². The Labute approximate surface area is 219 Å². The summed E-state index contributed by atoms with van der Waals surface area (Å²) < 4.78 is 5.16. The summed E-state index contributed by atoms with van der Waals surface area (Å²) in [6.07, 6.45) is 0.719. The van der Waals surface area contributed by atoms with Crippen molar-refractivity contribution in [2.45, 2.75) is 32.1 Å². The monoisotopic (exact) mass is 520 g/mol. The molecule has 0 bridgehead atoms. The van der Waals surface area contributed by atoms with Crippen LogP contribution in [0.2, 0.25) is 5.02 Å². The molecule has 0 aliphatic carbocycles. The molecule has 184 valence electrons. The number of halogens is 1. The molecule has 0 saturated heterocycles. The van der Waals surface area contributed by atoms with Crippen LogP contribution in [-0.2, 0) is 14.3 Å². The average molecular weight is 521 g/mol. The van der Waals surface area contributed by atoms with Crippen LogP contribution in [0.25, 0.3) is 0 Å². The fourth-order valence-corrected chi connectivity index (χ4v) is 4.61. The lowest BCUT2D eigenvalue weighted by molar-refractivity contribution is -0.120. The van der Waals surface area contributed by atoms with E-state index in [1.165, 1.54) is 11.8 Å². The quantitative estimate of drug-likeness (QED) is 0.269. The number of benzene rings is 3. The van der Waals surface area contributed by atoms with Crippen molar-refractivity contribution >= 4 is 52.5 Å². The third-order valence-corrected chi connectivity index (χ3v) is 6.99. The lowest BCUT2D eigenvalue weighted by atomic mass is 10.1. The Morgan fingerprint density at radius 2 is 1.64 bits per heavy atom. The van der Waals surface area contributed by atoms with Crippen molar-refractivity contribution in [3.8, 4) is 0 Å². The van der Waals surface area contributed by atoms with Gasteiger partial charge in [0.15, 0.2) is 0 Å². The van der Waals surface area contributed by atoms with Crippen molar-refractivity contribution in [1.29, 1.82) is 0 Å². The van der Waals surface area contributed by atoms with E-state index >= 15 is 0 Å². The molecule has 0 saturated carbocycles. The number of thioether (sulfide) groups is 1. The normalized spacial score (nSPS) is 13.4. The summed E-state index contributed by atoms with van der Waals surface area (Å²) in [6.45, 7) is 6.23. The first kappa shape index (κ1) is 25.5. The van der Waals surface area contributed by atoms with Gasteiger partial charge in [-0.3, -0.25) is 9.59 Å². The molecule has 0 spiro atoms. The van der Waals surface area contributed by atoms with Crippen molar-refractivity contribution < 1.29 is 19.1 Å². The van der Waals surface area contributed by atoms with Gasteiger partial charge in [-0.05, 0) is 92.1 Å². The molecule has 0 radical (unpaired) electrons. The van der Waals surface area contributed by atoms with Gasteiger partial charge in [0.1, 0.15) is 10.6 Å². The summed E-state index contributed by atoms with van der Waals surface area (Å²) in [4.78, 5) is 41.4. The maximum absolute atomic E-state index is 13.5. The van der Waals surface area contributed by atoms with Gasteiger partial charge in [-0.15, -0.1) is 0 Å². The molecule has 3 aromatic rings. The number of aryl methyl sites for hydroxylation is 2. The Balaban J connectivity index is 1.67. The lowest BCUT2D eigenvalue weighted by Crippen LogP contribution is -2.32. The third-order valence-electron chi connectivity index (χ3n) is 5.65. The fraction of sp³-hybridized carbons (Fsp3) is 0.179. The number of carbonyl (C=O) groups is 3. The molecule has 0 fully saturated rings. The summed E-state index contributed by atoms with van der Waals surface area (Å²) in [5.74, 6) is -1.37. The van der Waals surface area contributed by atoms with Crippen LogP contribution in [-0.4, -0.2) is 24.4 Å². The number of imide groups is 1. The van der Waals surface area contributed by atoms with Gasteiger partial charge in [-0.1, -0.05) is 36.4 Å². The number of nitrogens with zero attached hydrogens (tertiary/aromatic N) is 1. The zero-order chi connectivity index (χ0) is 25.8. The van der Waals surface area contributed by atoms with E-state index in [2.05, 4.69) is 5.32 Å². The molecule has 0 atom stereocenters. The zero-order valence-electron chi connectivity index (χ0n) is 20.1. The molecule has 1 aliphatic heterocycles. The van der Waals surface area contributed by atoms with Crippen molar-refractivity contribution in [2.24, 2.45) is 0 Å². The van der Waals surface area contributed by atoms with E-state index in [0.717, 1.165) is 27.3 Å². The minimum Gasteiger partial charge on any atom is -0.462 e. The Kier molecular flexibility index (Phi) is 7.82. The van der Waals surface area contributed by atoms with E-state index in [-0.39, 0.29) is 10.6 Å². The van der Waals surface area contributed by atoms with Crippen LogP contribution >= 0.6 is 23.4 Å². The first-order valence-electron chi connectivity index (χ1n) is 11.5. The molecule has 8 heteroatoms. The highest BCUT2D eigenvalue weighted by atomic mass is 35.5. The van der Waals surface area contributed by atoms with Gasteiger partial charge in [-0.25, -0.2) is 9.69 Å². The van der Waals surface area contributed by atoms with Gasteiger partial charge in [-0.2, -0.15) is 0 Å². The number of carbonyl (C=O) groups excluding carboxylic acids is 3. The first-order valence-corrected chi connectivity index (χ1v) is 12.7. The minimum atomic E-state index is -0.476. The van der Waals surface area contributed by atoms with Gasteiger partial charge in [0.05, 0.1) is 17.9 Å². The number of anilines is 2. The fourth-order valence-electron chi connectivity index (χ4n) is 3.56. The Bertz CT molecular complexity index is 1350. The molecule has 1 N–H and O–H groups in total. The molecule has 0 aromatic heterocycles. The average Bonchev–Trinajstić information content (AvgIpc) is 3.10. The van der Waals surface area contributed by atoms with Crippen molar-refractivity contribution in [3.05, 3.63) is 99.0 Å². The Hall–Kier alpha value is -3.55. The van der Waals surface area contributed by atoms with Crippen LogP contribution in [0.1, 0.15) is 34.8 Å². The standard InChI is InChI=1S/C28H25ClN2O4S/c1-4-15-35-28(34)19-6-11-22(12-7-19)31-26(32)24(30-21-10-5-17(2)18(3)16-21)25(27(31)33)36-23-13-8-20(29)9-14-23/h5-14,16,30H,4,15H2,1-3H3. The van der Waals surface area contributed by atoms with E-state index in [4.69, 9.17) is 16.3 Å². The van der Waals surface area contributed by atoms with Crippen LogP contribution in [0.3, 0.4) is 0 Å². The molecule has 4 rings (SSSR count). The Morgan fingerprint density at radius 3 is 2.28 bits per heavy atom. The predicted octanol–water partition coefficient (Wildman–Crippen LogP) is 6.51. The molecular weight excluding hydrogens is 496 g/mol. The summed E-state index contributed by atoms with van der Waals surface area (Å²) in [6, 6.07) is 19.1. The van der Waals surface area contributed by atoms with Crippen molar-refractivity contribution in [1.82, 2.24) is 0 Å². The van der Waals surface area contributed by atoms with Crippen LogP contribution in [0.4, 0.5) is 11.4 Å². The maximum atomic E-state index is 13.5. The smallest absolute Gasteiger partial charge is 0.338 e. The number of hydrogen-bond donors (Lipinski definition) is 1. The SMILES string of the molecule is CCCOC(=O)c1ccc(N2C(=O)C(Nc3ccc(C)c(C)c3)=C(Sc3ccc(Cl)cc3)C2=O)cc1. The van der Waals surface area contributed by atoms with Gasteiger partial charge in [0.25, 0.3) is 11.8 Å². The number of rotatable bonds is 8. The lowest BCUT2D eigenvalue weighted by Gasteiger charge is -2.16. The van der Waals surface area contributed by atoms with Gasteiger partial charge < -0.3 is 10.1 Å². The third kappa shape index (κ3) is 5.48. The zero-order valence-corrected chi connectivity index (χ0v) is 21.7. The van der Waals surface area contributed by atoms with E-state index in [1.807, 2.05) is 39.0 Å². The second-order valence-electron chi connectivity index (χ2n) is 8.31. The largest absolute Gasteiger partial charge is 0.462 e. The van der Waals surface area contributed by atoms with Gasteiger partial charge >= 0.3 is 5.97 Å². The Morgan fingerprint density at radius 1 is 0.944 bits per heavy atom. The van der Waals surface area contributed by atoms with Crippen LogP contribution in [0.15, 0.2) is 82.2 Å². The first-order chi connectivity index (χ1) is 17.3. The van der Waals surface area contributed by atoms with Crippen molar-refractivity contribution in [2.75, 3.05) is 16.8 Å². The maximum Gasteiger partial charge on any atom is 0.338 e. The number of esters is 1. The molecule has 1 heterocycles. The van der Waals surface area contributed by atoms with E-state index in [1.54, 1.807) is 48.5 Å². The summed E-state index contributed by atoms with van der Waals surface area (Å²) in [5, 5.41) is 3.75.